The van der Waals surface area contributed by atoms with E-state index in [9.17, 15) is 9.59 Å². The van der Waals surface area contributed by atoms with Gasteiger partial charge in [0.05, 0.1) is 11.0 Å². The summed E-state index contributed by atoms with van der Waals surface area (Å²) in [6.07, 6.45) is 1.34. The number of H-pyrrole nitrogens is 1. The van der Waals surface area contributed by atoms with E-state index in [1.165, 1.54) is 0 Å². The first kappa shape index (κ1) is 17.8. The predicted molar refractivity (Wildman–Crippen MR) is 105 cm³/mol. The largest absolute Gasteiger partial charge is 0.327 e. The number of nitrogens with one attached hydrogen (secondary N) is 2. The number of amides is 2. The number of hydrogen-bond acceptors (Lipinski definition) is 3. The van der Waals surface area contributed by atoms with Crippen LogP contribution in [-0.2, 0) is 4.79 Å². The third-order valence-corrected chi connectivity index (χ3v) is 4.99. The topological polar surface area (TPSA) is 78.1 Å². The average molecular weight is 403 g/mol. The molecule has 2 aromatic carbocycles. The predicted octanol–water partition coefficient (Wildman–Crippen LogP) is 4.11. The van der Waals surface area contributed by atoms with Crippen LogP contribution >= 0.6 is 23.2 Å². The summed E-state index contributed by atoms with van der Waals surface area (Å²) in [5, 5.41) is 3.55. The van der Waals surface area contributed by atoms with Crippen molar-refractivity contribution in [2.24, 2.45) is 0 Å². The van der Waals surface area contributed by atoms with Crippen LogP contribution in [-0.4, -0.2) is 39.3 Å². The fraction of sp³-hybridized carbons (Fsp3) is 0.211. The van der Waals surface area contributed by atoms with Crippen LogP contribution in [0.15, 0.2) is 42.5 Å². The fourth-order valence-electron chi connectivity index (χ4n) is 3.34. The lowest BCUT2D eigenvalue weighted by Crippen LogP contribution is -2.43. The lowest BCUT2D eigenvalue weighted by atomic mass is 10.1. The van der Waals surface area contributed by atoms with E-state index in [0.717, 1.165) is 17.5 Å². The monoisotopic (exact) mass is 402 g/mol. The lowest BCUT2D eigenvalue weighted by Gasteiger charge is -2.23. The van der Waals surface area contributed by atoms with Crippen molar-refractivity contribution < 1.29 is 9.59 Å². The molecule has 0 bridgehead atoms. The van der Waals surface area contributed by atoms with Gasteiger partial charge in [-0.2, -0.15) is 0 Å². The minimum Gasteiger partial charge on any atom is -0.327 e. The van der Waals surface area contributed by atoms with E-state index in [2.05, 4.69) is 15.3 Å². The van der Waals surface area contributed by atoms with Gasteiger partial charge in [0.25, 0.3) is 5.91 Å². The molecule has 2 heterocycles. The van der Waals surface area contributed by atoms with E-state index < -0.39 is 6.04 Å². The fourth-order valence-corrected chi connectivity index (χ4v) is 3.86. The third kappa shape index (κ3) is 3.63. The van der Waals surface area contributed by atoms with Crippen molar-refractivity contribution in [3.8, 4) is 0 Å². The Morgan fingerprint density at radius 2 is 1.89 bits per heavy atom. The number of nitrogens with zero attached hydrogens (tertiary/aromatic N) is 2. The Kier molecular flexibility index (Phi) is 4.76. The molecule has 138 valence electrons. The SMILES string of the molecule is O=C(Nc1nc2ccccc2[nH]1)C1CCCN1C(=O)c1cc(Cl)cc(Cl)c1. The van der Waals surface area contributed by atoms with Crippen LogP contribution in [0.3, 0.4) is 0 Å². The molecule has 0 spiro atoms. The summed E-state index contributed by atoms with van der Waals surface area (Å²) in [5.74, 6) is -0.166. The Morgan fingerprint density at radius 3 is 2.63 bits per heavy atom. The normalized spacial score (nSPS) is 16.7. The molecule has 0 aliphatic carbocycles. The zero-order valence-corrected chi connectivity index (χ0v) is 15.7. The summed E-state index contributed by atoms with van der Waals surface area (Å²) in [4.78, 5) is 34.6. The van der Waals surface area contributed by atoms with Crippen molar-refractivity contribution >= 4 is 52.0 Å². The smallest absolute Gasteiger partial charge is 0.254 e. The van der Waals surface area contributed by atoms with Crippen LogP contribution in [0.5, 0.6) is 0 Å². The molecule has 27 heavy (non-hydrogen) atoms. The summed E-state index contributed by atoms with van der Waals surface area (Å²) < 4.78 is 0. The molecule has 0 saturated carbocycles. The van der Waals surface area contributed by atoms with Crippen molar-refractivity contribution in [2.45, 2.75) is 18.9 Å². The van der Waals surface area contributed by atoms with Gasteiger partial charge in [-0.15, -0.1) is 0 Å². The molecule has 1 fully saturated rings. The van der Waals surface area contributed by atoms with Gasteiger partial charge in [-0.1, -0.05) is 35.3 Å². The van der Waals surface area contributed by atoms with Gasteiger partial charge >= 0.3 is 0 Å². The Morgan fingerprint density at radius 1 is 1.15 bits per heavy atom. The number of hydrogen-bond donors (Lipinski definition) is 2. The molecule has 3 aromatic rings. The summed E-state index contributed by atoms with van der Waals surface area (Å²) in [5.41, 5.74) is 1.97. The number of aromatic amines is 1. The molecule has 8 heteroatoms. The van der Waals surface area contributed by atoms with E-state index in [-0.39, 0.29) is 11.8 Å². The van der Waals surface area contributed by atoms with Crippen LogP contribution in [0.4, 0.5) is 5.95 Å². The number of carbonyl (C=O) groups is 2. The van der Waals surface area contributed by atoms with Gasteiger partial charge in [-0.25, -0.2) is 4.98 Å². The van der Waals surface area contributed by atoms with E-state index in [1.807, 2.05) is 24.3 Å². The molecule has 0 radical (unpaired) electrons. The summed E-state index contributed by atoms with van der Waals surface area (Å²) >= 11 is 12.0. The number of imidazole rings is 1. The number of fused-ring (bicyclic) bond motifs is 1. The Labute approximate surface area is 165 Å². The Balaban J connectivity index is 1.53. The standard InChI is InChI=1S/C19H16Cl2N4O2/c20-12-8-11(9-13(21)10-12)18(27)25-7-3-6-16(25)17(26)24-19-22-14-4-1-2-5-15(14)23-19/h1-2,4-5,8-10,16H,3,6-7H2,(H2,22,23,24,26). The highest BCUT2D eigenvalue weighted by Crippen LogP contribution is 2.25. The molecule has 1 aromatic heterocycles. The second-order valence-electron chi connectivity index (χ2n) is 6.41. The van der Waals surface area contributed by atoms with E-state index in [4.69, 9.17) is 23.2 Å². The van der Waals surface area contributed by atoms with Crippen molar-refractivity contribution in [1.29, 1.82) is 0 Å². The van der Waals surface area contributed by atoms with E-state index in [1.54, 1.807) is 23.1 Å². The number of rotatable bonds is 3. The number of para-hydroxylation sites is 2. The minimum atomic E-state index is -0.566. The minimum absolute atomic E-state index is 0.262. The zero-order chi connectivity index (χ0) is 19.0. The van der Waals surface area contributed by atoms with E-state index in [0.29, 0.717) is 34.5 Å². The van der Waals surface area contributed by atoms with Crippen molar-refractivity contribution in [3.63, 3.8) is 0 Å². The van der Waals surface area contributed by atoms with Gasteiger partial charge in [0, 0.05) is 22.2 Å². The highest BCUT2D eigenvalue weighted by molar-refractivity contribution is 6.35. The summed E-state index contributed by atoms with van der Waals surface area (Å²) in [6.45, 7) is 0.501. The molecular weight excluding hydrogens is 387 g/mol. The second kappa shape index (κ2) is 7.21. The quantitative estimate of drug-likeness (QED) is 0.691. The third-order valence-electron chi connectivity index (χ3n) is 4.56. The number of anilines is 1. The zero-order valence-electron chi connectivity index (χ0n) is 14.2. The number of likely N-dealkylation sites (tertiary alicyclic amines) is 1. The number of carbonyl (C=O) groups excluding carboxylic acids is 2. The molecule has 1 unspecified atom stereocenters. The van der Waals surface area contributed by atoms with Crippen LogP contribution in [0.25, 0.3) is 11.0 Å². The van der Waals surface area contributed by atoms with Crippen LogP contribution in [0.2, 0.25) is 10.0 Å². The van der Waals surface area contributed by atoms with Gasteiger partial charge in [-0.3, -0.25) is 14.9 Å². The maximum Gasteiger partial charge on any atom is 0.254 e. The highest BCUT2D eigenvalue weighted by atomic mass is 35.5. The molecule has 6 nitrogen and oxygen atoms in total. The second-order valence-corrected chi connectivity index (χ2v) is 7.28. The number of aromatic nitrogens is 2. The van der Waals surface area contributed by atoms with Gasteiger partial charge in [0.15, 0.2) is 0 Å². The first-order valence-corrected chi connectivity index (χ1v) is 9.29. The number of halogens is 2. The van der Waals surface area contributed by atoms with Gasteiger partial charge < -0.3 is 9.88 Å². The van der Waals surface area contributed by atoms with Gasteiger partial charge in [0.1, 0.15) is 6.04 Å². The molecule has 1 atom stereocenters. The van der Waals surface area contributed by atoms with Crippen LogP contribution in [0, 0.1) is 0 Å². The average Bonchev–Trinajstić information content (AvgIpc) is 3.26. The molecule has 4 rings (SSSR count). The molecule has 1 aliphatic rings. The lowest BCUT2D eigenvalue weighted by molar-refractivity contribution is -0.119. The Hall–Kier alpha value is -2.57. The van der Waals surface area contributed by atoms with Crippen molar-refractivity contribution in [2.75, 3.05) is 11.9 Å². The Bertz CT molecular complexity index is 980. The first-order valence-electron chi connectivity index (χ1n) is 8.54. The molecule has 1 aliphatic heterocycles. The molecule has 2 N–H and O–H groups in total. The summed E-state index contributed by atoms with van der Waals surface area (Å²) in [6, 6.07) is 11.6. The first-order chi connectivity index (χ1) is 13.0. The van der Waals surface area contributed by atoms with Gasteiger partial charge in [-0.05, 0) is 43.2 Å². The maximum absolute atomic E-state index is 12.9. The van der Waals surface area contributed by atoms with Crippen LogP contribution in [0.1, 0.15) is 23.2 Å². The van der Waals surface area contributed by atoms with E-state index >= 15 is 0 Å². The molecule has 1 saturated heterocycles. The molecular formula is C19H16Cl2N4O2. The van der Waals surface area contributed by atoms with Gasteiger partial charge in [0.2, 0.25) is 11.9 Å². The number of benzene rings is 2. The van der Waals surface area contributed by atoms with Crippen LogP contribution < -0.4 is 5.32 Å². The summed E-state index contributed by atoms with van der Waals surface area (Å²) in [7, 11) is 0. The molecule has 2 amide bonds. The van der Waals surface area contributed by atoms with Crippen molar-refractivity contribution in [3.05, 3.63) is 58.1 Å². The maximum atomic E-state index is 12.9. The highest BCUT2D eigenvalue weighted by Gasteiger charge is 2.35. The van der Waals surface area contributed by atoms with Crippen molar-refractivity contribution in [1.82, 2.24) is 14.9 Å².